The van der Waals surface area contributed by atoms with Gasteiger partial charge in [-0.15, -0.1) is 0 Å². The third kappa shape index (κ3) is 5.19. The Kier molecular flexibility index (Phi) is 7.71. The Hall–Kier alpha value is -2.58. The molecule has 9 heteroatoms. The Bertz CT molecular complexity index is 1040. The van der Waals surface area contributed by atoms with Crippen LogP contribution in [-0.2, 0) is 9.59 Å². The number of carbonyl (C=O) groups is 2. The van der Waals surface area contributed by atoms with Crippen LogP contribution in [0.5, 0.6) is 0 Å². The highest BCUT2D eigenvalue weighted by Crippen LogP contribution is 2.29. The summed E-state index contributed by atoms with van der Waals surface area (Å²) in [7, 11) is 0. The van der Waals surface area contributed by atoms with Crippen LogP contribution in [0.25, 0.3) is 0 Å². The van der Waals surface area contributed by atoms with Crippen molar-refractivity contribution >= 4 is 17.6 Å². The molecule has 2 saturated heterocycles. The van der Waals surface area contributed by atoms with Gasteiger partial charge < -0.3 is 14.7 Å². The van der Waals surface area contributed by atoms with Crippen molar-refractivity contribution in [2.75, 3.05) is 37.6 Å². The molecule has 0 spiro atoms. The summed E-state index contributed by atoms with van der Waals surface area (Å²) in [6, 6.07) is 1.54. The third-order valence-electron chi connectivity index (χ3n) is 7.87. The standard InChI is InChI=1S/C26H41N5O4/c1-18(2)30-22(16-24(33)31(19(3)4)26(30)35)27-11-13-28(14-12-27)25(34)20-15-23(32)29(17-20)21-9-7-5-6-8-10-21/h16,18-21H,5-15,17H2,1-4H3. The Morgan fingerprint density at radius 3 is 2.03 bits per heavy atom. The molecule has 1 aromatic rings. The first-order valence-corrected chi connectivity index (χ1v) is 13.4. The van der Waals surface area contributed by atoms with Crippen molar-refractivity contribution in [1.29, 1.82) is 0 Å². The highest BCUT2D eigenvalue weighted by atomic mass is 16.2. The maximum atomic E-state index is 13.3. The minimum absolute atomic E-state index is 0.0607. The van der Waals surface area contributed by atoms with E-state index in [0.29, 0.717) is 51.0 Å². The third-order valence-corrected chi connectivity index (χ3v) is 7.87. The van der Waals surface area contributed by atoms with Crippen molar-refractivity contribution in [3.8, 4) is 0 Å². The maximum absolute atomic E-state index is 13.3. The van der Waals surface area contributed by atoms with Gasteiger partial charge in [0.15, 0.2) is 0 Å². The van der Waals surface area contributed by atoms with E-state index in [0.717, 1.165) is 25.7 Å². The molecule has 1 aromatic heterocycles. The van der Waals surface area contributed by atoms with Crippen molar-refractivity contribution in [3.63, 3.8) is 0 Å². The van der Waals surface area contributed by atoms with Crippen LogP contribution >= 0.6 is 0 Å². The molecule has 0 aromatic carbocycles. The Labute approximate surface area is 207 Å². The van der Waals surface area contributed by atoms with Crippen LogP contribution in [-0.4, -0.2) is 69.5 Å². The predicted molar refractivity (Wildman–Crippen MR) is 136 cm³/mol. The van der Waals surface area contributed by atoms with Gasteiger partial charge in [0.2, 0.25) is 11.8 Å². The highest BCUT2D eigenvalue weighted by Gasteiger charge is 2.40. The number of hydrogen-bond acceptors (Lipinski definition) is 5. The first-order chi connectivity index (χ1) is 16.7. The molecule has 2 amide bonds. The van der Waals surface area contributed by atoms with E-state index in [9.17, 15) is 19.2 Å². The van der Waals surface area contributed by atoms with Crippen LogP contribution in [0.15, 0.2) is 15.7 Å². The van der Waals surface area contributed by atoms with E-state index in [2.05, 4.69) is 0 Å². The SMILES string of the molecule is CC(C)n1c(N2CCN(C(=O)C3CC(=O)N(C4CCCCCC4)C3)CC2)cc(=O)n(C(C)C)c1=O. The zero-order valence-corrected chi connectivity index (χ0v) is 21.7. The lowest BCUT2D eigenvalue weighted by atomic mass is 10.1. The zero-order chi connectivity index (χ0) is 25.3. The topological polar surface area (TPSA) is 87.9 Å². The first kappa shape index (κ1) is 25.5. The number of anilines is 1. The van der Waals surface area contributed by atoms with Gasteiger partial charge >= 0.3 is 5.69 Å². The summed E-state index contributed by atoms with van der Waals surface area (Å²) < 4.78 is 2.97. The van der Waals surface area contributed by atoms with E-state index in [1.54, 1.807) is 10.6 Å². The minimum Gasteiger partial charge on any atom is -0.354 e. The van der Waals surface area contributed by atoms with Gasteiger partial charge in [-0.3, -0.25) is 23.5 Å². The molecule has 1 saturated carbocycles. The lowest BCUT2D eigenvalue weighted by Crippen LogP contribution is -2.53. The van der Waals surface area contributed by atoms with E-state index in [1.165, 1.54) is 17.4 Å². The van der Waals surface area contributed by atoms with Gasteiger partial charge in [0.25, 0.3) is 5.56 Å². The molecule has 4 rings (SSSR count). The molecule has 0 N–H and O–H groups in total. The first-order valence-electron chi connectivity index (χ1n) is 13.4. The molecule has 1 unspecified atom stereocenters. The van der Waals surface area contributed by atoms with Gasteiger partial charge in [0.05, 0.1) is 5.92 Å². The van der Waals surface area contributed by atoms with E-state index >= 15 is 0 Å². The normalized spacial score (nSPS) is 22.4. The summed E-state index contributed by atoms with van der Waals surface area (Å²) >= 11 is 0. The van der Waals surface area contributed by atoms with E-state index < -0.39 is 0 Å². The molecule has 0 radical (unpaired) electrons. The quantitative estimate of drug-likeness (QED) is 0.595. The Morgan fingerprint density at radius 2 is 1.46 bits per heavy atom. The van der Waals surface area contributed by atoms with Crippen molar-refractivity contribution in [3.05, 3.63) is 26.9 Å². The molecule has 194 valence electrons. The number of hydrogen-bond donors (Lipinski definition) is 0. The Morgan fingerprint density at radius 1 is 0.857 bits per heavy atom. The van der Waals surface area contributed by atoms with Crippen LogP contribution in [0, 0.1) is 5.92 Å². The molecule has 35 heavy (non-hydrogen) atoms. The summed E-state index contributed by atoms with van der Waals surface area (Å²) in [5.41, 5.74) is -0.586. The fourth-order valence-corrected chi connectivity index (χ4v) is 6.00. The van der Waals surface area contributed by atoms with E-state index in [-0.39, 0.29) is 41.1 Å². The van der Waals surface area contributed by atoms with Crippen LogP contribution < -0.4 is 16.1 Å². The highest BCUT2D eigenvalue weighted by molar-refractivity contribution is 5.89. The fraction of sp³-hybridized carbons (Fsp3) is 0.769. The zero-order valence-electron chi connectivity index (χ0n) is 21.7. The number of rotatable bonds is 5. The summed E-state index contributed by atoms with van der Waals surface area (Å²) in [5.74, 6) is 0.543. The second-order valence-electron chi connectivity index (χ2n) is 11.0. The number of nitrogens with zero attached hydrogens (tertiary/aromatic N) is 5. The summed E-state index contributed by atoms with van der Waals surface area (Å²) in [5, 5.41) is 0. The van der Waals surface area contributed by atoms with Gasteiger partial charge in [-0.2, -0.15) is 0 Å². The average Bonchev–Trinajstić information content (AvgIpc) is 3.01. The number of carbonyl (C=O) groups excluding carboxylic acids is 2. The molecule has 9 nitrogen and oxygen atoms in total. The summed E-state index contributed by atoms with van der Waals surface area (Å²) in [6.45, 7) is 10.2. The molecular formula is C26H41N5O4. The molecule has 2 aliphatic heterocycles. The largest absolute Gasteiger partial charge is 0.354 e. The Balaban J connectivity index is 1.43. The lowest BCUT2D eigenvalue weighted by molar-refractivity contribution is -0.136. The van der Waals surface area contributed by atoms with Crippen LogP contribution in [0.1, 0.15) is 84.7 Å². The van der Waals surface area contributed by atoms with Crippen LogP contribution in [0.2, 0.25) is 0 Å². The molecule has 3 heterocycles. The molecule has 3 aliphatic rings. The van der Waals surface area contributed by atoms with Crippen molar-refractivity contribution < 1.29 is 9.59 Å². The fourth-order valence-electron chi connectivity index (χ4n) is 6.00. The average molecular weight is 488 g/mol. The molecule has 3 fully saturated rings. The monoisotopic (exact) mass is 487 g/mol. The second-order valence-corrected chi connectivity index (χ2v) is 11.0. The number of likely N-dealkylation sites (tertiary alicyclic amines) is 1. The van der Waals surface area contributed by atoms with Gasteiger partial charge in [-0.25, -0.2) is 4.79 Å². The number of aromatic nitrogens is 2. The lowest BCUT2D eigenvalue weighted by Gasteiger charge is -2.38. The van der Waals surface area contributed by atoms with E-state index in [1.807, 2.05) is 42.4 Å². The molecular weight excluding hydrogens is 446 g/mol. The van der Waals surface area contributed by atoms with E-state index in [4.69, 9.17) is 0 Å². The van der Waals surface area contributed by atoms with Crippen molar-refractivity contribution in [2.24, 2.45) is 5.92 Å². The molecule has 0 bridgehead atoms. The van der Waals surface area contributed by atoms with Crippen molar-refractivity contribution in [2.45, 2.75) is 90.8 Å². The molecule has 1 atom stereocenters. The number of piperazine rings is 1. The smallest absolute Gasteiger partial charge is 0.333 e. The van der Waals surface area contributed by atoms with Gasteiger partial charge in [-0.05, 0) is 40.5 Å². The summed E-state index contributed by atoms with van der Waals surface area (Å²) in [4.78, 5) is 57.7. The van der Waals surface area contributed by atoms with Gasteiger partial charge in [-0.1, -0.05) is 25.7 Å². The van der Waals surface area contributed by atoms with Gasteiger partial charge in [0.1, 0.15) is 5.82 Å². The van der Waals surface area contributed by atoms with Crippen LogP contribution in [0.4, 0.5) is 5.82 Å². The van der Waals surface area contributed by atoms with Crippen LogP contribution in [0.3, 0.4) is 0 Å². The maximum Gasteiger partial charge on any atom is 0.333 e. The second kappa shape index (κ2) is 10.6. The summed E-state index contributed by atoms with van der Waals surface area (Å²) in [6.07, 6.45) is 7.23. The number of amides is 2. The van der Waals surface area contributed by atoms with Crippen molar-refractivity contribution in [1.82, 2.24) is 18.9 Å². The minimum atomic E-state index is -0.293. The van der Waals surface area contributed by atoms with Gasteiger partial charge in [0, 0.05) is 63.3 Å². The molecule has 1 aliphatic carbocycles. The predicted octanol–water partition coefficient (Wildman–Crippen LogP) is 2.39.